The molecule has 2 aliphatic rings. The first-order valence-electron chi connectivity index (χ1n) is 5.91. The molecule has 17 heavy (non-hydrogen) atoms. The number of hydrogen-bond acceptors (Lipinski definition) is 2. The number of hydrogen-bond donors (Lipinski definition) is 0. The lowest BCUT2D eigenvalue weighted by molar-refractivity contribution is -0.0318. The van der Waals surface area contributed by atoms with Gasteiger partial charge in [-0.2, -0.15) is 13.9 Å². The van der Waals surface area contributed by atoms with E-state index in [4.69, 9.17) is 0 Å². The maximum atomic E-state index is 14.1. The average molecular weight is 239 g/mol. The summed E-state index contributed by atoms with van der Waals surface area (Å²) in [4.78, 5) is 3.91. The van der Waals surface area contributed by atoms with Gasteiger partial charge in [-0.25, -0.2) is 0 Å². The fraction of sp³-hybridized carbons (Fsp3) is 0.667. The van der Waals surface area contributed by atoms with E-state index in [1.807, 2.05) is 13.8 Å². The maximum absolute atomic E-state index is 14.1. The van der Waals surface area contributed by atoms with Crippen molar-refractivity contribution in [1.29, 1.82) is 0 Å². The largest absolute Gasteiger partial charge is 0.294 e. The molecule has 1 aromatic rings. The molecule has 2 atom stereocenters. The summed E-state index contributed by atoms with van der Waals surface area (Å²) in [6.45, 7) is 3.75. The number of aliphatic imine (C=N–C) groups is 1. The van der Waals surface area contributed by atoms with Crippen molar-refractivity contribution in [3.8, 4) is 0 Å². The van der Waals surface area contributed by atoms with Crippen molar-refractivity contribution in [2.75, 3.05) is 7.05 Å². The van der Waals surface area contributed by atoms with Crippen LogP contribution in [-0.2, 0) is 5.92 Å². The molecule has 92 valence electrons. The van der Waals surface area contributed by atoms with Crippen LogP contribution in [0.15, 0.2) is 4.99 Å². The van der Waals surface area contributed by atoms with Crippen LogP contribution in [0.3, 0.4) is 0 Å². The lowest BCUT2D eigenvalue weighted by atomic mass is 10.1. The highest BCUT2D eigenvalue weighted by Crippen LogP contribution is 2.67. The van der Waals surface area contributed by atoms with Crippen LogP contribution >= 0.6 is 0 Å². The van der Waals surface area contributed by atoms with Gasteiger partial charge in [-0.1, -0.05) is 0 Å². The van der Waals surface area contributed by atoms with Gasteiger partial charge in [0.05, 0.1) is 0 Å². The average Bonchev–Trinajstić information content (AvgIpc) is 2.89. The Balaban J connectivity index is 2.23. The van der Waals surface area contributed by atoms with E-state index in [0.29, 0.717) is 12.1 Å². The quantitative estimate of drug-likeness (QED) is 0.730. The molecule has 1 heterocycles. The zero-order valence-electron chi connectivity index (χ0n) is 10.1. The van der Waals surface area contributed by atoms with E-state index >= 15 is 0 Å². The third kappa shape index (κ3) is 1.25. The minimum atomic E-state index is -2.71. The Morgan fingerprint density at radius 1 is 1.53 bits per heavy atom. The first kappa shape index (κ1) is 10.9. The van der Waals surface area contributed by atoms with Gasteiger partial charge >= 0.3 is 0 Å². The molecule has 1 saturated carbocycles. The number of nitrogens with zero attached hydrogens (tertiary/aromatic N) is 3. The molecule has 0 spiro atoms. The lowest BCUT2D eigenvalue weighted by Crippen LogP contribution is -2.21. The van der Waals surface area contributed by atoms with E-state index in [9.17, 15) is 8.78 Å². The summed E-state index contributed by atoms with van der Waals surface area (Å²) in [5.41, 5.74) is 1.49. The molecular weight excluding hydrogens is 224 g/mol. The topological polar surface area (TPSA) is 30.2 Å². The van der Waals surface area contributed by atoms with Crippen LogP contribution in [0.25, 0.3) is 0 Å². The molecule has 0 bridgehead atoms. The van der Waals surface area contributed by atoms with Crippen LogP contribution in [0.5, 0.6) is 0 Å². The Hall–Kier alpha value is -1.26. The summed E-state index contributed by atoms with van der Waals surface area (Å²) >= 11 is 0. The molecule has 5 heteroatoms. The van der Waals surface area contributed by atoms with Crippen molar-refractivity contribution in [3.63, 3.8) is 0 Å². The van der Waals surface area contributed by atoms with Crippen LogP contribution < -0.4 is 0 Å². The smallest absolute Gasteiger partial charge is 0.293 e. The number of alkyl halides is 2. The summed E-state index contributed by atoms with van der Waals surface area (Å²) in [5, 5.41) is 4.28. The van der Waals surface area contributed by atoms with E-state index in [2.05, 4.69) is 10.1 Å². The van der Waals surface area contributed by atoms with E-state index in [1.165, 1.54) is 4.68 Å². The number of fused-ring (bicyclic) bond motifs is 3. The molecule has 2 unspecified atom stereocenters. The Morgan fingerprint density at radius 2 is 2.24 bits per heavy atom. The Bertz CT molecular complexity index is 502. The molecule has 3 nitrogen and oxygen atoms in total. The van der Waals surface area contributed by atoms with Crippen molar-refractivity contribution < 1.29 is 8.78 Å². The zero-order valence-corrected chi connectivity index (χ0v) is 10.1. The summed E-state index contributed by atoms with van der Waals surface area (Å²) in [6.07, 6.45) is 2.18. The molecular formula is C12H15F2N3. The minimum Gasteiger partial charge on any atom is -0.294 e. The van der Waals surface area contributed by atoms with Crippen LogP contribution in [0.4, 0.5) is 8.78 Å². The highest BCUT2D eigenvalue weighted by Gasteiger charge is 2.66. The normalized spacial score (nSPS) is 28.8. The van der Waals surface area contributed by atoms with E-state index in [-0.39, 0.29) is 17.7 Å². The van der Waals surface area contributed by atoms with Gasteiger partial charge in [0.15, 0.2) is 0 Å². The monoisotopic (exact) mass is 239 g/mol. The van der Waals surface area contributed by atoms with E-state index in [0.717, 1.165) is 5.56 Å². The Morgan fingerprint density at radius 3 is 2.82 bits per heavy atom. The van der Waals surface area contributed by atoms with Crippen LogP contribution in [0.1, 0.15) is 49.2 Å². The molecule has 2 aliphatic carbocycles. The molecule has 0 radical (unpaired) electrons. The van der Waals surface area contributed by atoms with Crippen LogP contribution in [0.2, 0.25) is 0 Å². The van der Waals surface area contributed by atoms with Crippen molar-refractivity contribution in [1.82, 2.24) is 9.78 Å². The third-order valence-electron chi connectivity index (χ3n) is 3.66. The zero-order chi connectivity index (χ0) is 12.4. The van der Waals surface area contributed by atoms with Gasteiger partial charge < -0.3 is 0 Å². The molecule has 1 aromatic heterocycles. The van der Waals surface area contributed by atoms with E-state index in [1.54, 1.807) is 13.3 Å². The van der Waals surface area contributed by atoms with Gasteiger partial charge in [-0.15, -0.1) is 0 Å². The van der Waals surface area contributed by atoms with Crippen LogP contribution in [-0.4, -0.2) is 23.0 Å². The highest BCUT2D eigenvalue weighted by atomic mass is 19.3. The molecule has 0 N–H and O–H groups in total. The van der Waals surface area contributed by atoms with Gasteiger partial charge in [-0.3, -0.25) is 9.67 Å². The number of rotatable bonds is 2. The Labute approximate surface area is 98.5 Å². The van der Waals surface area contributed by atoms with Gasteiger partial charge in [-0.05, 0) is 26.2 Å². The summed E-state index contributed by atoms with van der Waals surface area (Å²) in [7, 11) is 1.64. The highest BCUT2D eigenvalue weighted by molar-refractivity contribution is 5.81. The van der Waals surface area contributed by atoms with Gasteiger partial charge in [0.1, 0.15) is 11.4 Å². The summed E-state index contributed by atoms with van der Waals surface area (Å²) in [5.74, 6) is -3.21. The lowest BCUT2D eigenvalue weighted by Gasteiger charge is -2.17. The second-order valence-corrected chi connectivity index (χ2v) is 5.14. The molecule has 0 aromatic carbocycles. The van der Waals surface area contributed by atoms with Crippen molar-refractivity contribution in [2.24, 2.45) is 10.9 Å². The van der Waals surface area contributed by atoms with E-state index < -0.39 is 11.8 Å². The second-order valence-electron chi connectivity index (χ2n) is 5.14. The first-order valence-corrected chi connectivity index (χ1v) is 5.91. The number of halogens is 2. The fourth-order valence-electron chi connectivity index (χ4n) is 2.84. The predicted molar refractivity (Wildman–Crippen MR) is 60.9 cm³/mol. The fourth-order valence-corrected chi connectivity index (χ4v) is 2.84. The van der Waals surface area contributed by atoms with Crippen molar-refractivity contribution in [3.05, 3.63) is 17.0 Å². The van der Waals surface area contributed by atoms with Crippen molar-refractivity contribution in [2.45, 2.75) is 38.2 Å². The van der Waals surface area contributed by atoms with Gasteiger partial charge in [0.25, 0.3) is 5.92 Å². The standard InChI is InChI=1S/C12H15F2N3/c1-6(2)17-11-10(9(16-17)5-15-3)7-4-8(7)12(11,13)14/h5-8H,4H2,1-3H3/b15-5+. The van der Waals surface area contributed by atoms with Crippen LogP contribution in [0, 0.1) is 5.92 Å². The number of aromatic nitrogens is 2. The summed E-state index contributed by atoms with van der Waals surface area (Å²) < 4.78 is 29.8. The maximum Gasteiger partial charge on any atom is 0.293 e. The van der Waals surface area contributed by atoms with Gasteiger partial charge in [0.2, 0.25) is 0 Å². The second kappa shape index (κ2) is 3.15. The molecule has 0 aliphatic heterocycles. The predicted octanol–water partition coefficient (Wildman–Crippen LogP) is 2.72. The third-order valence-corrected chi connectivity index (χ3v) is 3.66. The molecule has 1 fully saturated rings. The molecule has 0 saturated heterocycles. The van der Waals surface area contributed by atoms with Crippen molar-refractivity contribution >= 4 is 6.21 Å². The SMILES string of the molecule is C/N=C/c1nn(C(C)C)c2c1C1CC1C2(F)F. The molecule has 3 rings (SSSR count). The minimum absolute atomic E-state index is 0.000463. The summed E-state index contributed by atoms with van der Waals surface area (Å²) in [6, 6.07) is -0.0499. The van der Waals surface area contributed by atoms with Gasteiger partial charge in [0, 0.05) is 30.8 Å². The Kier molecular flexibility index (Phi) is 2.01. The molecule has 0 amide bonds. The first-order chi connectivity index (χ1) is 7.98.